The van der Waals surface area contributed by atoms with Gasteiger partial charge < -0.3 is 10.0 Å². The summed E-state index contributed by atoms with van der Waals surface area (Å²) in [4.78, 5) is 26.9. The summed E-state index contributed by atoms with van der Waals surface area (Å²) in [7, 11) is 0. The number of carbonyl (C=O) groups excluding carboxylic acids is 1. The van der Waals surface area contributed by atoms with Crippen molar-refractivity contribution in [2.24, 2.45) is 0 Å². The highest BCUT2D eigenvalue weighted by Crippen LogP contribution is 2.45. The van der Waals surface area contributed by atoms with Crippen molar-refractivity contribution in [2.75, 3.05) is 26.2 Å². The number of likely N-dealkylation sites (tertiary alicyclic amines) is 2. The molecule has 0 aliphatic carbocycles. The fourth-order valence-electron chi connectivity index (χ4n) is 4.16. The van der Waals surface area contributed by atoms with Crippen LogP contribution in [0.15, 0.2) is 30.3 Å². The Morgan fingerprint density at radius 1 is 1.23 bits per heavy atom. The number of carbonyl (C=O) groups is 2. The molecule has 2 aliphatic heterocycles. The summed E-state index contributed by atoms with van der Waals surface area (Å²) in [6.07, 6.45) is 1.86. The number of nitrogens with zero attached hydrogens (tertiary/aromatic N) is 2. The SMILES string of the molecule is CC(=O)N1CC[C@@]2(c3ccccc3)CCN(CC(=O)O)C[C@H]12. The Bertz CT molecular complexity index is 575. The number of amides is 1. The zero-order valence-corrected chi connectivity index (χ0v) is 12.9. The summed E-state index contributed by atoms with van der Waals surface area (Å²) < 4.78 is 0. The van der Waals surface area contributed by atoms with E-state index in [4.69, 9.17) is 5.11 Å². The molecule has 1 amide bonds. The van der Waals surface area contributed by atoms with Crippen LogP contribution in [-0.4, -0.2) is 59.0 Å². The van der Waals surface area contributed by atoms with Gasteiger partial charge in [-0.3, -0.25) is 14.5 Å². The van der Waals surface area contributed by atoms with Crippen LogP contribution in [0.25, 0.3) is 0 Å². The highest BCUT2D eigenvalue weighted by atomic mass is 16.4. The summed E-state index contributed by atoms with van der Waals surface area (Å²) >= 11 is 0. The third-order valence-electron chi connectivity index (χ3n) is 5.23. The molecule has 1 N–H and O–H groups in total. The van der Waals surface area contributed by atoms with Crippen LogP contribution >= 0.6 is 0 Å². The van der Waals surface area contributed by atoms with Crippen molar-refractivity contribution in [3.05, 3.63) is 35.9 Å². The van der Waals surface area contributed by atoms with Crippen LogP contribution in [0.3, 0.4) is 0 Å². The van der Waals surface area contributed by atoms with Crippen LogP contribution in [0.4, 0.5) is 0 Å². The van der Waals surface area contributed by atoms with E-state index in [1.807, 2.05) is 28.0 Å². The number of aliphatic carboxylic acids is 1. The monoisotopic (exact) mass is 302 g/mol. The zero-order valence-electron chi connectivity index (χ0n) is 12.9. The molecule has 1 aromatic rings. The van der Waals surface area contributed by atoms with E-state index in [-0.39, 0.29) is 23.9 Å². The Hall–Kier alpha value is -1.88. The lowest BCUT2D eigenvalue weighted by Gasteiger charge is -2.46. The molecule has 2 aliphatic rings. The topological polar surface area (TPSA) is 60.9 Å². The Morgan fingerprint density at radius 3 is 2.55 bits per heavy atom. The van der Waals surface area contributed by atoms with Crippen molar-refractivity contribution < 1.29 is 14.7 Å². The minimum Gasteiger partial charge on any atom is -0.480 e. The number of carboxylic acid groups (broad SMARTS) is 1. The lowest BCUT2D eigenvalue weighted by atomic mass is 9.69. The second-order valence-corrected chi connectivity index (χ2v) is 6.38. The van der Waals surface area contributed by atoms with Gasteiger partial charge in [0.25, 0.3) is 0 Å². The maximum atomic E-state index is 12.0. The smallest absolute Gasteiger partial charge is 0.317 e. The van der Waals surface area contributed by atoms with Crippen LogP contribution in [0.2, 0.25) is 0 Å². The third-order valence-corrected chi connectivity index (χ3v) is 5.23. The molecule has 118 valence electrons. The van der Waals surface area contributed by atoms with Gasteiger partial charge >= 0.3 is 5.97 Å². The molecule has 3 rings (SSSR count). The molecule has 0 bridgehead atoms. The van der Waals surface area contributed by atoms with Crippen LogP contribution in [0.1, 0.15) is 25.3 Å². The highest BCUT2D eigenvalue weighted by Gasteiger charge is 2.51. The number of hydrogen-bond acceptors (Lipinski definition) is 3. The van der Waals surface area contributed by atoms with Crippen molar-refractivity contribution in [3.8, 4) is 0 Å². The zero-order chi connectivity index (χ0) is 15.7. The summed E-state index contributed by atoms with van der Waals surface area (Å²) in [5.74, 6) is -0.723. The second-order valence-electron chi connectivity index (χ2n) is 6.38. The number of hydrogen-bond donors (Lipinski definition) is 1. The molecule has 22 heavy (non-hydrogen) atoms. The van der Waals surface area contributed by atoms with Gasteiger partial charge in [0.2, 0.25) is 5.91 Å². The molecular weight excluding hydrogens is 280 g/mol. The molecule has 2 fully saturated rings. The summed E-state index contributed by atoms with van der Waals surface area (Å²) in [6.45, 7) is 3.82. The molecule has 5 nitrogen and oxygen atoms in total. The van der Waals surface area contributed by atoms with Gasteiger partial charge in [0.05, 0.1) is 12.6 Å². The summed E-state index contributed by atoms with van der Waals surface area (Å²) in [5.41, 5.74) is 1.25. The molecule has 0 aromatic heterocycles. The maximum absolute atomic E-state index is 12.0. The van der Waals surface area contributed by atoms with Crippen LogP contribution in [0, 0.1) is 0 Å². The summed E-state index contributed by atoms with van der Waals surface area (Å²) in [6, 6.07) is 10.4. The Kier molecular flexibility index (Phi) is 3.91. The van der Waals surface area contributed by atoms with E-state index < -0.39 is 5.97 Å². The molecule has 1 aromatic carbocycles. The van der Waals surface area contributed by atoms with Gasteiger partial charge in [-0.1, -0.05) is 30.3 Å². The second kappa shape index (κ2) is 5.72. The number of carboxylic acids is 1. The van der Waals surface area contributed by atoms with E-state index in [1.54, 1.807) is 6.92 Å². The van der Waals surface area contributed by atoms with Crippen LogP contribution < -0.4 is 0 Å². The average Bonchev–Trinajstić information content (AvgIpc) is 2.88. The first-order valence-electron chi connectivity index (χ1n) is 7.80. The fraction of sp³-hybridized carbons (Fsp3) is 0.529. The molecular formula is C17H22N2O3. The van der Waals surface area contributed by atoms with E-state index in [0.717, 1.165) is 25.9 Å². The number of piperidine rings is 1. The summed E-state index contributed by atoms with van der Waals surface area (Å²) in [5, 5.41) is 9.04. The highest BCUT2D eigenvalue weighted by molar-refractivity contribution is 5.74. The van der Waals surface area contributed by atoms with Crippen LogP contribution in [-0.2, 0) is 15.0 Å². The molecule has 2 atom stereocenters. The fourth-order valence-corrected chi connectivity index (χ4v) is 4.16. The van der Waals surface area contributed by atoms with E-state index in [2.05, 4.69) is 12.1 Å². The molecule has 2 heterocycles. The van der Waals surface area contributed by atoms with Crippen molar-refractivity contribution in [2.45, 2.75) is 31.2 Å². The lowest BCUT2D eigenvalue weighted by molar-refractivity contribution is -0.139. The predicted molar refractivity (Wildman–Crippen MR) is 82.6 cm³/mol. The standard InChI is InChI=1S/C17H22N2O3/c1-13(20)19-10-8-17(14-5-3-2-4-6-14)7-9-18(11-15(17)19)12-16(21)22/h2-6,15H,7-12H2,1H3,(H,21,22)/t15-,17+/m0/s1. The Morgan fingerprint density at radius 2 is 1.91 bits per heavy atom. The average molecular weight is 302 g/mol. The Balaban J connectivity index is 1.92. The van der Waals surface area contributed by atoms with E-state index in [0.29, 0.717) is 6.54 Å². The maximum Gasteiger partial charge on any atom is 0.317 e. The number of fused-ring (bicyclic) bond motifs is 1. The molecule has 0 unspecified atom stereocenters. The number of benzene rings is 1. The molecule has 2 saturated heterocycles. The van der Waals surface area contributed by atoms with Gasteiger partial charge in [-0.05, 0) is 24.9 Å². The first kappa shape index (κ1) is 15.0. The van der Waals surface area contributed by atoms with Gasteiger partial charge in [-0.25, -0.2) is 0 Å². The van der Waals surface area contributed by atoms with Crippen LogP contribution in [0.5, 0.6) is 0 Å². The quantitative estimate of drug-likeness (QED) is 0.915. The van der Waals surface area contributed by atoms with Gasteiger partial charge in [-0.2, -0.15) is 0 Å². The predicted octanol–water partition coefficient (Wildman–Crippen LogP) is 1.34. The molecule has 0 saturated carbocycles. The largest absolute Gasteiger partial charge is 0.480 e. The Labute approximate surface area is 130 Å². The third kappa shape index (κ3) is 2.50. The van der Waals surface area contributed by atoms with Crippen molar-refractivity contribution in [3.63, 3.8) is 0 Å². The first-order chi connectivity index (χ1) is 10.5. The van der Waals surface area contributed by atoms with Gasteiger partial charge in [0.15, 0.2) is 0 Å². The molecule has 0 spiro atoms. The normalized spacial score (nSPS) is 28.4. The number of rotatable bonds is 3. The molecule has 5 heteroatoms. The molecule has 0 radical (unpaired) electrons. The minimum absolute atomic E-state index is 0.0259. The lowest BCUT2D eigenvalue weighted by Crippen LogP contribution is -2.57. The first-order valence-corrected chi connectivity index (χ1v) is 7.80. The minimum atomic E-state index is -0.806. The van der Waals surface area contributed by atoms with E-state index in [9.17, 15) is 9.59 Å². The van der Waals surface area contributed by atoms with Gasteiger partial charge in [0.1, 0.15) is 0 Å². The van der Waals surface area contributed by atoms with Crippen molar-refractivity contribution in [1.29, 1.82) is 0 Å². The van der Waals surface area contributed by atoms with Crippen molar-refractivity contribution in [1.82, 2.24) is 9.80 Å². The van der Waals surface area contributed by atoms with E-state index in [1.165, 1.54) is 5.56 Å². The van der Waals surface area contributed by atoms with Gasteiger partial charge in [-0.15, -0.1) is 0 Å². The van der Waals surface area contributed by atoms with Crippen molar-refractivity contribution >= 4 is 11.9 Å². The van der Waals surface area contributed by atoms with Gasteiger partial charge in [0, 0.05) is 25.4 Å². The van der Waals surface area contributed by atoms with E-state index >= 15 is 0 Å².